The van der Waals surface area contributed by atoms with E-state index in [1.54, 1.807) is 7.11 Å². The van der Waals surface area contributed by atoms with Crippen LogP contribution in [0.2, 0.25) is 0 Å². The molecule has 3 heterocycles. The topological polar surface area (TPSA) is 16.4 Å². The standard InChI is InChI=1S/C37H49N5OS/c1-38-32-17-12-13-18-34(32)44-36(38)26-28-25-35(42(23-14-22-40(2,3)4)24-21-37(42)41(5,6)7)39(29-15-10-9-11-16-29)33-27-30(43-8)19-20-31(28)33/h9-13,15-20,25-27,37H,14,21-24H2,1-8H3/q+4. The Morgan fingerprint density at radius 3 is 2.32 bits per heavy atom. The van der Waals surface area contributed by atoms with Gasteiger partial charge in [-0.25, -0.2) is 0 Å². The van der Waals surface area contributed by atoms with Crippen molar-refractivity contribution >= 4 is 40.2 Å². The van der Waals surface area contributed by atoms with Crippen LogP contribution in [0.5, 0.6) is 5.75 Å². The van der Waals surface area contributed by atoms with Crippen LogP contribution >= 0.6 is 11.8 Å². The molecule has 1 fully saturated rings. The Morgan fingerprint density at radius 1 is 0.955 bits per heavy atom. The Bertz CT molecular complexity index is 1710. The van der Waals surface area contributed by atoms with E-state index < -0.39 is 0 Å². The lowest BCUT2D eigenvalue weighted by molar-refractivity contribution is -0.915. The van der Waals surface area contributed by atoms with E-state index >= 15 is 0 Å². The van der Waals surface area contributed by atoms with E-state index in [0.29, 0.717) is 6.17 Å². The van der Waals surface area contributed by atoms with Gasteiger partial charge in [-0.1, -0.05) is 42.1 Å². The molecule has 2 aliphatic heterocycles. The molecule has 2 atom stereocenters. The van der Waals surface area contributed by atoms with E-state index in [-0.39, 0.29) is 0 Å². The predicted molar refractivity (Wildman–Crippen MR) is 186 cm³/mol. The van der Waals surface area contributed by atoms with Gasteiger partial charge in [-0.15, -0.1) is 4.57 Å². The molecule has 1 saturated heterocycles. The van der Waals surface area contributed by atoms with Crippen molar-refractivity contribution in [3.63, 3.8) is 0 Å². The molecule has 2 aliphatic rings. The largest absolute Gasteiger partial charge is 0.497 e. The number of hydrogen-bond donors (Lipinski definition) is 0. The molecule has 1 aromatic heterocycles. The highest BCUT2D eigenvalue weighted by Crippen LogP contribution is 2.47. The van der Waals surface area contributed by atoms with E-state index in [1.165, 1.54) is 50.0 Å². The van der Waals surface area contributed by atoms with Crippen LogP contribution in [0, 0.1) is 0 Å². The first-order valence-corrected chi connectivity index (χ1v) is 16.6. The minimum absolute atomic E-state index is 0.466. The van der Waals surface area contributed by atoms with Crippen molar-refractivity contribution in [1.82, 2.24) is 4.48 Å². The van der Waals surface area contributed by atoms with Gasteiger partial charge in [0, 0.05) is 36.1 Å². The number of aromatic nitrogens is 1. The van der Waals surface area contributed by atoms with Gasteiger partial charge in [0.25, 0.3) is 0 Å². The van der Waals surface area contributed by atoms with Gasteiger partial charge in [0.15, 0.2) is 0 Å². The smallest absolute Gasteiger partial charge is 0.380 e. The maximum absolute atomic E-state index is 5.84. The molecule has 0 bridgehead atoms. The van der Waals surface area contributed by atoms with Crippen LogP contribution in [0.4, 0.5) is 11.5 Å². The zero-order valence-electron chi connectivity index (χ0n) is 27.7. The molecular formula is C37H49N5OS+4. The molecule has 3 aromatic carbocycles. The molecule has 0 radical (unpaired) electrons. The van der Waals surface area contributed by atoms with Crippen LogP contribution in [0.1, 0.15) is 18.4 Å². The number of anilines is 1. The Hall–Kier alpha value is -3.36. The van der Waals surface area contributed by atoms with Gasteiger partial charge in [-0.3, -0.25) is 4.48 Å². The summed E-state index contributed by atoms with van der Waals surface area (Å²) in [5, 5.41) is 2.47. The van der Waals surface area contributed by atoms with Gasteiger partial charge in [0.1, 0.15) is 18.7 Å². The Kier molecular flexibility index (Phi) is 8.03. The van der Waals surface area contributed by atoms with E-state index in [0.717, 1.165) is 45.3 Å². The van der Waals surface area contributed by atoms with E-state index in [2.05, 4.69) is 144 Å². The quantitative estimate of drug-likeness (QED) is 0.159. The number of likely N-dealkylation sites (tertiary alicyclic amines) is 1. The highest BCUT2D eigenvalue weighted by atomic mass is 32.2. The number of benzene rings is 3. The normalized spacial score (nSPS) is 21.0. The molecule has 0 spiro atoms. The fourth-order valence-corrected chi connectivity index (χ4v) is 8.33. The third-order valence-corrected chi connectivity index (χ3v) is 10.6. The van der Waals surface area contributed by atoms with Gasteiger partial charge in [0.05, 0.1) is 90.7 Å². The van der Waals surface area contributed by atoms with Crippen molar-refractivity contribution in [2.24, 2.45) is 0 Å². The third-order valence-electron chi connectivity index (χ3n) is 9.43. The first kappa shape index (κ1) is 30.7. The van der Waals surface area contributed by atoms with Crippen molar-refractivity contribution in [3.8, 4) is 11.4 Å². The summed E-state index contributed by atoms with van der Waals surface area (Å²) in [7, 11) is 18.0. The monoisotopic (exact) mass is 611 g/mol. The second-order valence-corrected chi connectivity index (χ2v) is 15.4. The molecule has 4 aromatic rings. The SMILES string of the molecule is COc1ccc2c(C=C3Sc4ccccc4N3C)cc([N+]3(CCC[N+](C)(C)C)CCC3[N+](C)(C)C)[n+](-c3ccccc3)c2c1. The molecule has 7 heteroatoms. The van der Waals surface area contributed by atoms with E-state index in [1.807, 2.05) is 11.8 Å². The second-order valence-electron chi connectivity index (χ2n) is 14.4. The number of para-hydroxylation sites is 2. The lowest BCUT2D eigenvalue weighted by Gasteiger charge is -2.53. The lowest BCUT2D eigenvalue weighted by atomic mass is 9.98. The third kappa shape index (κ3) is 5.63. The summed E-state index contributed by atoms with van der Waals surface area (Å²) in [6, 6.07) is 28.7. The molecule has 2 unspecified atom stereocenters. The average Bonchev–Trinajstić information content (AvgIpc) is 3.28. The van der Waals surface area contributed by atoms with E-state index in [4.69, 9.17) is 4.74 Å². The number of nitrogens with zero attached hydrogens (tertiary/aromatic N) is 5. The fourth-order valence-electron chi connectivity index (χ4n) is 7.22. The number of quaternary nitrogens is 3. The van der Waals surface area contributed by atoms with Crippen LogP contribution in [-0.2, 0) is 0 Å². The van der Waals surface area contributed by atoms with Crippen LogP contribution in [0.15, 0.2) is 88.8 Å². The van der Waals surface area contributed by atoms with Crippen LogP contribution in [0.3, 0.4) is 0 Å². The number of thioether (sulfide) groups is 1. The predicted octanol–water partition coefficient (Wildman–Crippen LogP) is 6.51. The van der Waals surface area contributed by atoms with Gasteiger partial charge in [0.2, 0.25) is 17.4 Å². The fraction of sp³-hybridized carbons (Fsp3) is 0.378. The summed E-state index contributed by atoms with van der Waals surface area (Å²) in [6.45, 7) is 3.39. The van der Waals surface area contributed by atoms with Gasteiger partial charge in [-0.2, -0.15) is 4.48 Å². The maximum atomic E-state index is 5.84. The molecule has 230 valence electrons. The molecule has 0 saturated carbocycles. The molecule has 0 amide bonds. The van der Waals surface area contributed by atoms with Gasteiger partial charge >= 0.3 is 5.82 Å². The average molecular weight is 612 g/mol. The minimum atomic E-state index is 0.466. The molecule has 6 rings (SSSR count). The number of fused-ring (bicyclic) bond motifs is 2. The molecule has 0 N–H and O–H groups in total. The summed E-state index contributed by atoms with van der Waals surface area (Å²) in [5.41, 5.74) is 4.89. The summed E-state index contributed by atoms with van der Waals surface area (Å²) < 4.78 is 11.2. The Labute approximate surface area is 268 Å². The molecule has 44 heavy (non-hydrogen) atoms. The van der Waals surface area contributed by atoms with Crippen molar-refractivity contribution in [1.29, 1.82) is 0 Å². The minimum Gasteiger partial charge on any atom is -0.497 e. The number of pyridine rings is 1. The number of methoxy groups -OCH3 is 1. The summed E-state index contributed by atoms with van der Waals surface area (Å²) in [4.78, 5) is 3.64. The molecule has 6 nitrogen and oxygen atoms in total. The molecule has 0 aliphatic carbocycles. The zero-order chi connectivity index (χ0) is 31.3. The van der Waals surface area contributed by atoms with Crippen molar-refractivity contribution in [3.05, 3.63) is 89.5 Å². The highest BCUT2D eigenvalue weighted by Gasteiger charge is 2.60. The maximum Gasteiger partial charge on any atom is 0.380 e. The number of rotatable bonds is 9. The van der Waals surface area contributed by atoms with Crippen molar-refractivity contribution in [2.75, 3.05) is 81.0 Å². The second kappa shape index (κ2) is 11.5. The zero-order valence-corrected chi connectivity index (χ0v) is 28.6. The van der Waals surface area contributed by atoms with Gasteiger partial charge in [-0.05, 0) is 30.3 Å². The number of ether oxygens (including phenoxy) is 1. The summed E-state index contributed by atoms with van der Waals surface area (Å²) in [6.07, 6.45) is 5.24. The first-order valence-electron chi connectivity index (χ1n) is 15.7. The van der Waals surface area contributed by atoms with Crippen LogP contribution < -0.4 is 18.7 Å². The highest BCUT2D eigenvalue weighted by molar-refractivity contribution is 8.03. The summed E-state index contributed by atoms with van der Waals surface area (Å²) >= 11 is 1.86. The Balaban J connectivity index is 1.63. The summed E-state index contributed by atoms with van der Waals surface area (Å²) in [5.74, 6) is 2.23. The van der Waals surface area contributed by atoms with Crippen molar-refractivity contribution in [2.45, 2.75) is 23.9 Å². The van der Waals surface area contributed by atoms with Crippen molar-refractivity contribution < 1.29 is 18.3 Å². The van der Waals surface area contributed by atoms with E-state index in [9.17, 15) is 0 Å². The van der Waals surface area contributed by atoms with Crippen LogP contribution in [0.25, 0.3) is 22.7 Å². The Morgan fingerprint density at radius 2 is 1.68 bits per heavy atom. The lowest BCUT2D eigenvalue weighted by Crippen LogP contribution is -2.78. The van der Waals surface area contributed by atoms with Gasteiger partial charge < -0.3 is 14.1 Å². The first-order chi connectivity index (χ1) is 20.9. The van der Waals surface area contributed by atoms with Crippen LogP contribution in [-0.4, -0.2) is 91.2 Å². The number of hydrogen-bond acceptors (Lipinski definition) is 3. The molecular weight excluding hydrogens is 563 g/mol.